The van der Waals surface area contributed by atoms with E-state index in [0.29, 0.717) is 0 Å². The van der Waals surface area contributed by atoms with Gasteiger partial charge in [0, 0.05) is 12.2 Å². The fourth-order valence-corrected chi connectivity index (χ4v) is 2.48. The van der Waals surface area contributed by atoms with Gasteiger partial charge in [-0.2, -0.15) is 0 Å². The van der Waals surface area contributed by atoms with Gasteiger partial charge in [-0.3, -0.25) is 14.7 Å². The lowest BCUT2D eigenvalue weighted by molar-refractivity contribution is -0.148. The molecule has 98 valence electrons. The number of esters is 1. The number of aryl methyl sites for hydroxylation is 1. The van der Waals surface area contributed by atoms with Gasteiger partial charge in [-0.15, -0.1) is 0 Å². The number of nitrogens with zero attached hydrogens (tertiary/aromatic N) is 2. The Bertz CT molecular complexity index is 420. The normalized spacial score (nSPS) is 20.7. The SMILES string of the molecule is COC(=O)[C@H]1CCCCN1Cc1cccc(C)n1. The van der Waals surface area contributed by atoms with Gasteiger partial charge in [0.05, 0.1) is 12.8 Å². The van der Waals surface area contributed by atoms with Crippen LogP contribution in [0.3, 0.4) is 0 Å². The molecule has 4 nitrogen and oxygen atoms in total. The highest BCUT2D eigenvalue weighted by Crippen LogP contribution is 2.20. The van der Waals surface area contributed by atoms with E-state index >= 15 is 0 Å². The third-order valence-corrected chi connectivity index (χ3v) is 3.40. The first-order valence-electron chi connectivity index (χ1n) is 6.45. The smallest absolute Gasteiger partial charge is 0.323 e. The van der Waals surface area contributed by atoms with Crippen molar-refractivity contribution in [3.8, 4) is 0 Å². The average Bonchev–Trinajstić information content (AvgIpc) is 2.38. The zero-order valence-electron chi connectivity index (χ0n) is 11.1. The first-order chi connectivity index (χ1) is 8.70. The largest absolute Gasteiger partial charge is 0.468 e. The van der Waals surface area contributed by atoms with Gasteiger partial charge in [0.15, 0.2) is 0 Å². The number of hydrogen-bond donors (Lipinski definition) is 0. The van der Waals surface area contributed by atoms with Crippen LogP contribution in [0.1, 0.15) is 30.7 Å². The van der Waals surface area contributed by atoms with E-state index in [0.717, 1.165) is 43.7 Å². The number of piperidine rings is 1. The molecule has 1 atom stereocenters. The van der Waals surface area contributed by atoms with Crippen LogP contribution < -0.4 is 0 Å². The van der Waals surface area contributed by atoms with E-state index in [1.807, 2.05) is 25.1 Å². The van der Waals surface area contributed by atoms with Crippen molar-refractivity contribution in [1.29, 1.82) is 0 Å². The van der Waals surface area contributed by atoms with Gasteiger partial charge in [0.2, 0.25) is 0 Å². The number of ether oxygens (including phenoxy) is 1. The highest BCUT2D eigenvalue weighted by Gasteiger charge is 2.29. The first-order valence-corrected chi connectivity index (χ1v) is 6.45. The Balaban J connectivity index is 2.07. The molecule has 0 unspecified atom stereocenters. The molecule has 1 saturated heterocycles. The summed E-state index contributed by atoms with van der Waals surface area (Å²) >= 11 is 0. The molecule has 4 heteroatoms. The number of hydrogen-bond acceptors (Lipinski definition) is 4. The van der Waals surface area contributed by atoms with Gasteiger partial charge >= 0.3 is 5.97 Å². The van der Waals surface area contributed by atoms with E-state index in [2.05, 4.69) is 9.88 Å². The minimum Gasteiger partial charge on any atom is -0.468 e. The molecule has 2 heterocycles. The Morgan fingerprint density at radius 1 is 1.50 bits per heavy atom. The number of carbonyl (C=O) groups is 1. The van der Waals surface area contributed by atoms with Gasteiger partial charge < -0.3 is 4.74 Å². The summed E-state index contributed by atoms with van der Waals surface area (Å²) in [4.78, 5) is 18.4. The fraction of sp³-hybridized carbons (Fsp3) is 0.571. The van der Waals surface area contributed by atoms with Crippen LogP contribution in [0.5, 0.6) is 0 Å². The second kappa shape index (κ2) is 5.96. The molecule has 1 aromatic rings. The molecule has 0 radical (unpaired) electrons. The van der Waals surface area contributed by atoms with Crippen molar-refractivity contribution in [2.24, 2.45) is 0 Å². The van der Waals surface area contributed by atoms with Gasteiger partial charge in [-0.25, -0.2) is 0 Å². The minimum atomic E-state index is -0.123. The minimum absolute atomic E-state index is 0.105. The summed E-state index contributed by atoms with van der Waals surface area (Å²) in [6.07, 6.45) is 3.12. The molecular formula is C14H20N2O2. The molecule has 0 bridgehead atoms. The van der Waals surface area contributed by atoms with Crippen molar-refractivity contribution in [3.63, 3.8) is 0 Å². The van der Waals surface area contributed by atoms with Crippen LogP contribution >= 0.6 is 0 Å². The van der Waals surface area contributed by atoms with Gasteiger partial charge in [0.1, 0.15) is 6.04 Å². The molecule has 0 spiro atoms. The van der Waals surface area contributed by atoms with Crippen LogP contribution in [0.4, 0.5) is 0 Å². The maximum Gasteiger partial charge on any atom is 0.323 e. The van der Waals surface area contributed by atoms with E-state index in [4.69, 9.17) is 4.74 Å². The number of carbonyl (C=O) groups excluding carboxylic acids is 1. The second-order valence-electron chi connectivity index (χ2n) is 4.78. The Kier molecular flexibility index (Phi) is 4.31. The maximum absolute atomic E-state index is 11.8. The van der Waals surface area contributed by atoms with Crippen molar-refractivity contribution >= 4 is 5.97 Å². The fourth-order valence-electron chi connectivity index (χ4n) is 2.48. The van der Waals surface area contributed by atoms with E-state index in [1.165, 1.54) is 7.11 Å². The Labute approximate surface area is 108 Å². The lowest BCUT2D eigenvalue weighted by Gasteiger charge is -2.33. The van der Waals surface area contributed by atoms with Crippen LogP contribution in [0.2, 0.25) is 0 Å². The van der Waals surface area contributed by atoms with Crippen molar-refractivity contribution in [2.45, 2.75) is 38.8 Å². The molecule has 0 saturated carbocycles. The summed E-state index contributed by atoms with van der Waals surface area (Å²) in [5.41, 5.74) is 2.03. The van der Waals surface area contributed by atoms with E-state index in [-0.39, 0.29) is 12.0 Å². The summed E-state index contributed by atoms with van der Waals surface area (Å²) in [5.74, 6) is -0.123. The third kappa shape index (κ3) is 3.07. The number of likely N-dealkylation sites (tertiary alicyclic amines) is 1. The van der Waals surface area contributed by atoms with Crippen LogP contribution in [-0.4, -0.2) is 35.5 Å². The topological polar surface area (TPSA) is 42.4 Å². The molecular weight excluding hydrogens is 228 g/mol. The zero-order chi connectivity index (χ0) is 13.0. The second-order valence-corrected chi connectivity index (χ2v) is 4.78. The van der Waals surface area contributed by atoms with Crippen LogP contribution in [0, 0.1) is 6.92 Å². The molecule has 18 heavy (non-hydrogen) atoms. The van der Waals surface area contributed by atoms with Gasteiger partial charge in [0.25, 0.3) is 0 Å². The Hall–Kier alpha value is -1.42. The molecule has 2 rings (SSSR count). The zero-order valence-corrected chi connectivity index (χ0v) is 11.1. The van der Waals surface area contributed by atoms with E-state index in [1.54, 1.807) is 0 Å². The maximum atomic E-state index is 11.8. The molecule has 0 aromatic carbocycles. The number of pyridine rings is 1. The van der Waals surface area contributed by atoms with E-state index in [9.17, 15) is 4.79 Å². The molecule has 0 N–H and O–H groups in total. The van der Waals surface area contributed by atoms with Crippen molar-refractivity contribution in [3.05, 3.63) is 29.6 Å². The van der Waals surface area contributed by atoms with Crippen molar-refractivity contribution in [1.82, 2.24) is 9.88 Å². The summed E-state index contributed by atoms with van der Waals surface area (Å²) < 4.78 is 4.88. The monoisotopic (exact) mass is 248 g/mol. The molecule has 0 aliphatic carbocycles. The molecule has 0 amide bonds. The quantitative estimate of drug-likeness (QED) is 0.766. The van der Waals surface area contributed by atoms with Crippen LogP contribution in [-0.2, 0) is 16.1 Å². The predicted molar refractivity (Wildman–Crippen MR) is 69.0 cm³/mol. The summed E-state index contributed by atoms with van der Waals surface area (Å²) in [6.45, 7) is 3.65. The molecule has 1 aromatic heterocycles. The average molecular weight is 248 g/mol. The van der Waals surface area contributed by atoms with Gasteiger partial charge in [-0.1, -0.05) is 12.5 Å². The molecule has 1 aliphatic rings. The van der Waals surface area contributed by atoms with Crippen LogP contribution in [0.15, 0.2) is 18.2 Å². The first kappa shape index (κ1) is 13.0. The Morgan fingerprint density at radius 3 is 3.06 bits per heavy atom. The predicted octanol–water partition coefficient (Wildman–Crippen LogP) is 1.92. The Morgan fingerprint density at radius 2 is 2.33 bits per heavy atom. The number of rotatable bonds is 3. The lowest BCUT2D eigenvalue weighted by atomic mass is 10.0. The lowest BCUT2D eigenvalue weighted by Crippen LogP contribution is -2.44. The standard InChI is InChI=1S/C14H20N2O2/c1-11-6-5-7-12(15-11)10-16-9-4-3-8-13(16)14(17)18-2/h5-7,13H,3-4,8-10H2,1-2H3/t13-/m1/s1. The van der Waals surface area contributed by atoms with Crippen LogP contribution in [0.25, 0.3) is 0 Å². The summed E-state index contributed by atoms with van der Waals surface area (Å²) in [7, 11) is 1.46. The van der Waals surface area contributed by atoms with Crippen molar-refractivity contribution in [2.75, 3.05) is 13.7 Å². The third-order valence-electron chi connectivity index (χ3n) is 3.40. The highest BCUT2D eigenvalue weighted by molar-refractivity contribution is 5.75. The van der Waals surface area contributed by atoms with Crippen molar-refractivity contribution < 1.29 is 9.53 Å². The number of aromatic nitrogens is 1. The molecule has 1 fully saturated rings. The highest BCUT2D eigenvalue weighted by atomic mass is 16.5. The number of methoxy groups -OCH3 is 1. The summed E-state index contributed by atoms with van der Waals surface area (Å²) in [6, 6.07) is 5.90. The van der Waals surface area contributed by atoms with E-state index < -0.39 is 0 Å². The van der Waals surface area contributed by atoms with Gasteiger partial charge in [-0.05, 0) is 38.4 Å². The summed E-state index contributed by atoms with van der Waals surface area (Å²) in [5, 5.41) is 0. The molecule has 1 aliphatic heterocycles.